The van der Waals surface area contributed by atoms with Crippen LogP contribution in [-0.2, 0) is 32.3 Å². The Morgan fingerprint density at radius 2 is 1.35 bits per heavy atom. The van der Waals surface area contributed by atoms with Crippen molar-refractivity contribution >= 4 is 18.0 Å². The summed E-state index contributed by atoms with van der Waals surface area (Å²) < 4.78 is 10.2. The van der Waals surface area contributed by atoms with Gasteiger partial charge in [0.25, 0.3) is 0 Å². The van der Waals surface area contributed by atoms with Crippen LogP contribution in [0.5, 0.6) is 0 Å². The first kappa shape index (κ1) is 19.0. The van der Waals surface area contributed by atoms with Crippen LogP contribution in [0.1, 0.15) is 17.5 Å². The summed E-state index contributed by atoms with van der Waals surface area (Å²) in [6.45, 7) is 0.0229. The molecule has 0 aliphatic rings. The molecule has 1 atom stereocenters. The Kier molecular flexibility index (Phi) is 7.17. The quantitative estimate of drug-likeness (QED) is 0.704. The van der Waals surface area contributed by atoms with Crippen molar-refractivity contribution in [3.63, 3.8) is 0 Å². The van der Waals surface area contributed by atoms with E-state index in [1.54, 1.807) is 48.5 Å². The van der Waals surface area contributed by atoms with Gasteiger partial charge in [-0.1, -0.05) is 60.7 Å². The SMILES string of the molecule is O=C(O)N[C@@H](CC(=O)OCc1ccccc1)C(=O)OCc1ccccc1. The predicted octanol–water partition coefficient (Wildman–Crippen LogP) is 2.50. The van der Waals surface area contributed by atoms with Crippen molar-refractivity contribution in [2.75, 3.05) is 0 Å². The van der Waals surface area contributed by atoms with E-state index in [0.717, 1.165) is 11.1 Å². The Balaban J connectivity index is 1.87. The Bertz CT molecular complexity index is 732. The molecule has 0 radical (unpaired) electrons. The molecule has 2 aromatic rings. The summed E-state index contributed by atoms with van der Waals surface area (Å²) in [6.07, 6.45) is -1.88. The Morgan fingerprint density at radius 3 is 1.85 bits per heavy atom. The standard InChI is InChI=1S/C19H19NO6/c21-17(25-12-14-7-3-1-4-8-14)11-16(20-19(23)24)18(22)26-13-15-9-5-2-6-10-15/h1-10,16,20H,11-13H2,(H,23,24)/t16-/m0/s1. The maximum absolute atomic E-state index is 12.1. The van der Waals surface area contributed by atoms with E-state index in [0.29, 0.717) is 0 Å². The van der Waals surface area contributed by atoms with Crippen LogP contribution >= 0.6 is 0 Å². The molecular formula is C19H19NO6. The van der Waals surface area contributed by atoms with Crippen LogP contribution in [0.4, 0.5) is 4.79 Å². The third-order valence-electron chi connectivity index (χ3n) is 3.42. The molecule has 0 unspecified atom stereocenters. The largest absolute Gasteiger partial charge is 0.465 e. The van der Waals surface area contributed by atoms with Crippen molar-refractivity contribution in [2.24, 2.45) is 0 Å². The highest BCUT2D eigenvalue weighted by atomic mass is 16.5. The molecule has 26 heavy (non-hydrogen) atoms. The summed E-state index contributed by atoms with van der Waals surface area (Å²) in [4.78, 5) is 34.9. The van der Waals surface area contributed by atoms with E-state index in [2.05, 4.69) is 0 Å². The number of rotatable bonds is 8. The van der Waals surface area contributed by atoms with Crippen LogP contribution in [0.25, 0.3) is 0 Å². The first-order chi connectivity index (χ1) is 12.5. The first-order valence-corrected chi connectivity index (χ1v) is 7.94. The Morgan fingerprint density at radius 1 is 0.846 bits per heavy atom. The molecule has 0 spiro atoms. The topological polar surface area (TPSA) is 102 Å². The minimum absolute atomic E-state index is 0.0173. The number of benzene rings is 2. The molecule has 0 bridgehead atoms. The average Bonchev–Trinajstić information content (AvgIpc) is 2.65. The molecule has 0 saturated carbocycles. The van der Waals surface area contributed by atoms with Gasteiger partial charge in [-0.3, -0.25) is 4.79 Å². The fourth-order valence-corrected chi connectivity index (χ4v) is 2.14. The second-order valence-corrected chi connectivity index (χ2v) is 5.45. The molecule has 0 saturated heterocycles. The molecule has 2 aromatic carbocycles. The molecule has 7 nitrogen and oxygen atoms in total. The highest BCUT2D eigenvalue weighted by Crippen LogP contribution is 2.06. The lowest BCUT2D eigenvalue weighted by Crippen LogP contribution is -2.42. The van der Waals surface area contributed by atoms with Crippen molar-refractivity contribution < 1.29 is 29.0 Å². The number of hydrogen-bond donors (Lipinski definition) is 2. The monoisotopic (exact) mass is 357 g/mol. The van der Waals surface area contributed by atoms with Crippen molar-refractivity contribution in [2.45, 2.75) is 25.7 Å². The number of amides is 1. The van der Waals surface area contributed by atoms with E-state index in [1.165, 1.54) is 0 Å². The number of esters is 2. The van der Waals surface area contributed by atoms with Gasteiger partial charge in [-0.05, 0) is 11.1 Å². The van der Waals surface area contributed by atoms with E-state index >= 15 is 0 Å². The van der Waals surface area contributed by atoms with Gasteiger partial charge in [-0.25, -0.2) is 9.59 Å². The van der Waals surface area contributed by atoms with E-state index in [1.807, 2.05) is 17.4 Å². The first-order valence-electron chi connectivity index (χ1n) is 7.94. The van der Waals surface area contributed by atoms with Crippen molar-refractivity contribution in [1.82, 2.24) is 5.32 Å². The molecule has 0 aliphatic carbocycles. The zero-order valence-electron chi connectivity index (χ0n) is 14.0. The van der Waals surface area contributed by atoms with Crippen molar-refractivity contribution in [3.8, 4) is 0 Å². The number of nitrogens with one attached hydrogen (secondary N) is 1. The molecule has 7 heteroatoms. The average molecular weight is 357 g/mol. The van der Waals surface area contributed by atoms with Crippen LogP contribution < -0.4 is 5.32 Å². The zero-order valence-corrected chi connectivity index (χ0v) is 14.0. The normalized spacial score (nSPS) is 11.2. The molecular weight excluding hydrogens is 338 g/mol. The van der Waals surface area contributed by atoms with E-state index in [-0.39, 0.29) is 13.2 Å². The van der Waals surface area contributed by atoms with Crippen molar-refractivity contribution in [1.29, 1.82) is 0 Å². The minimum Gasteiger partial charge on any atom is -0.465 e. The van der Waals surface area contributed by atoms with Gasteiger partial charge in [0.15, 0.2) is 0 Å². The summed E-state index contributed by atoms with van der Waals surface area (Å²) in [7, 11) is 0. The van der Waals surface area contributed by atoms with E-state index in [4.69, 9.17) is 14.6 Å². The third kappa shape index (κ3) is 6.64. The molecule has 1 amide bonds. The van der Waals surface area contributed by atoms with E-state index in [9.17, 15) is 14.4 Å². The Labute approximate surface area is 150 Å². The summed E-state index contributed by atoms with van der Waals surface area (Å²) in [5.41, 5.74) is 1.54. The van der Waals surface area contributed by atoms with E-state index < -0.39 is 30.5 Å². The van der Waals surface area contributed by atoms with Crippen LogP contribution in [0.3, 0.4) is 0 Å². The van der Waals surface area contributed by atoms with Crippen LogP contribution in [0.15, 0.2) is 60.7 Å². The molecule has 136 valence electrons. The van der Waals surface area contributed by atoms with Gasteiger partial charge in [0.1, 0.15) is 19.3 Å². The molecule has 0 aliphatic heterocycles. The fraction of sp³-hybridized carbons (Fsp3) is 0.211. The maximum Gasteiger partial charge on any atom is 0.405 e. The summed E-state index contributed by atoms with van der Waals surface area (Å²) in [5.74, 6) is -1.54. The Hall–Kier alpha value is -3.35. The van der Waals surface area contributed by atoms with Gasteiger partial charge >= 0.3 is 18.0 Å². The molecule has 0 fully saturated rings. The third-order valence-corrected chi connectivity index (χ3v) is 3.42. The molecule has 2 rings (SSSR count). The summed E-state index contributed by atoms with van der Waals surface area (Å²) in [6, 6.07) is 16.6. The fourth-order valence-electron chi connectivity index (χ4n) is 2.14. The number of carbonyl (C=O) groups excluding carboxylic acids is 2. The molecule has 0 aromatic heterocycles. The second kappa shape index (κ2) is 9.83. The lowest BCUT2D eigenvalue weighted by atomic mass is 10.2. The maximum atomic E-state index is 12.1. The summed E-state index contributed by atoms with van der Waals surface area (Å²) >= 11 is 0. The van der Waals surface area contributed by atoms with Gasteiger partial charge in [0, 0.05) is 0 Å². The predicted molar refractivity (Wildman–Crippen MR) is 92.0 cm³/mol. The highest BCUT2D eigenvalue weighted by molar-refractivity contribution is 5.85. The van der Waals surface area contributed by atoms with Gasteiger partial charge in [-0.15, -0.1) is 0 Å². The molecule has 0 heterocycles. The number of carbonyl (C=O) groups is 3. The number of hydrogen-bond acceptors (Lipinski definition) is 5. The van der Waals surface area contributed by atoms with Crippen molar-refractivity contribution in [3.05, 3.63) is 71.8 Å². The van der Waals surface area contributed by atoms with Gasteiger partial charge in [0.05, 0.1) is 6.42 Å². The smallest absolute Gasteiger partial charge is 0.405 e. The lowest BCUT2D eigenvalue weighted by Gasteiger charge is -2.15. The lowest BCUT2D eigenvalue weighted by molar-refractivity contribution is -0.154. The van der Waals surface area contributed by atoms with Crippen LogP contribution in [0.2, 0.25) is 0 Å². The van der Waals surface area contributed by atoms with Gasteiger partial charge in [0.2, 0.25) is 0 Å². The second-order valence-electron chi connectivity index (χ2n) is 5.45. The zero-order chi connectivity index (χ0) is 18.8. The molecule has 2 N–H and O–H groups in total. The summed E-state index contributed by atoms with van der Waals surface area (Å²) in [5, 5.41) is 10.9. The number of ether oxygens (including phenoxy) is 2. The van der Waals surface area contributed by atoms with Crippen LogP contribution in [0, 0.1) is 0 Å². The minimum atomic E-state index is -1.43. The van der Waals surface area contributed by atoms with Crippen LogP contribution in [-0.4, -0.2) is 29.2 Å². The van der Waals surface area contributed by atoms with Gasteiger partial charge in [-0.2, -0.15) is 0 Å². The number of carboxylic acid groups (broad SMARTS) is 1. The van der Waals surface area contributed by atoms with Gasteiger partial charge < -0.3 is 19.9 Å². The highest BCUT2D eigenvalue weighted by Gasteiger charge is 2.26.